The average molecular weight is 253 g/mol. The van der Waals surface area contributed by atoms with Crippen LogP contribution in [-0.2, 0) is 0 Å². The SMILES string of the molecule is NCCN(CC(F)F)c1nnc2ccccc2n1. The number of aromatic nitrogens is 3. The molecule has 2 aromatic rings. The Hall–Kier alpha value is -1.89. The Kier molecular flexibility index (Phi) is 3.93. The molecule has 2 rings (SSSR count). The van der Waals surface area contributed by atoms with Crippen LogP contribution in [-0.4, -0.2) is 41.2 Å². The van der Waals surface area contributed by atoms with Crippen LogP contribution in [0.3, 0.4) is 0 Å². The molecule has 0 unspecified atom stereocenters. The van der Waals surface area contributed by atoms with E-state index in [0.29, 0.717) is 11.0 Å². The first kappa shape index (κ1) is 12.6. The topological polar surface area (TPSA) is 67.9 Å². The summed E-state index contributed by atoms with van der Waals surface area (Å²) in [5.41, 5.74) is 6.65. The largest absolute Gasteiger partial charge is 0.333 e. The van der Waals surface area contributed by atoms with Gasteiger partial charge in [0, 0.05) is 13.1 Å². The van der Waals surface area contributed by atoms with Crippen LogP contribution in [0.15, 0.2) is 24.3 Å². The molecular weight excluding hydrogens is 240 g/mol. The molecule has 0 aliphatic heterocycles. The minimum atomic E-state index is -2.47. The van der Waals surface area contributed by atoms with Gasteiger partial charge in [-0.3, -0.25) is 0 Å². The number of nitrogens with two attached hydrogens (primary N) is 1. The van der Waals surface area contributed by atoms with Gasteiger partial charge in [0.25, 0.3) is 6.43 Å². The van der Waals surface area contributed by atoms with Gasteiger partial charge in [0.15, 0.2) is 0 Å². The molecular formula is C11H13F2N5. The molecule has 96 valence electrons. The lowest BCUT2D eigenvalue weighted by atomic mass is 10.3. The van der Waals surface area contributed by atoms with Gasteiger partial charge < -0.3 is 10.6 Å². The first-order valence-electron chi connectivity index (χ1n) is 5.53. The Morgan fingerprint density at radius 1 is 1.17 bits per heavy atom. The van der Waals surface area contributed by atoms with Gasteiger partial charge >= 0.3 is 0 Å². The number of benzene rings is 1. The van der Waals surface area contributed by atoms with Crippen molar-refractivity contribution in [2.45, 2.75) is 6.43 Å². The van der Waals surface area contributed by atoms with E-state index >= 15 is 0 Å². The zero-order chi connectivity index (χ0) is 13.0. The summed E-state index contributed by atoms with van der Waals surface area (Å²) in [5.74, 6) is 0.180. The fraction of sp³-hybridized carbons (Fsp3) is 0.364. The van der Waals surface area contributed by atoms with Crippen LogP contribution in [0.4, 0.5) is 14.7 Å². The van der Waals surface area contributed by atoms with E-state index in [1.165, 1.54) is 4.90 Å². The van der Waals surface area contributed by atoms with Gasteiger partial charge in [0.05, 0.1) is 12.1 Å². The third kappa shape index (κ3) is 2.86. The van der Waals surface area contributed by atoms with Gasteiger partial charge in [0.1, 0.15) is 5.52 Å². The summed E-state index contributed by atoms with van der Waals surface area (Å²) >= 11 is 0. The van der Waals surface area contributed by atoms with Crippen molar-refractivity contribution in [1.82, 2.24) is 15.2 Å². The number of anilines is 1. The summed E-state index contributed by atoms with van der Waals surface area (Å²) in [7, 11) is 0. The normalized spacial score (nSPS) is 11.1. The second-order valence-corrected chi connectivity index (χ2v) is 3.73. The highest BCUT2D eigenvalue weighted by molar-refractivity contribution is 5.74. The number of halogens is 2. The Morgan fingerprint density at radius 3 is 2.56 bits per heavy atom. The number of hydrogen-bond acceptors (Lipinski definition) is 5. The van der Waals surface area contributed by atoms with E-state index in [-0.39, 0.29) is 19.0 Å². The molecule has 0 spiro atoms. The highest BCUT2D eigenvalue weighted by Gasteiger charge is 2.15. The minimum Gasteiger partial charge on any atom is -0.333 e. The van der Waals surface area contributed by atoms with Gasteiger partial charge in [-0.2, -0.15) is 0 Å². The zero-order valence-electron chi connectivity index (χ0n) is 9.63. The number of fused-ring (bicyclic) bond motifs is 1. The van der Waals surface area contributed by atoms with Crippen molar-refractivity contribution in [3.05, 3.63) is 24.3 Å². The minimum absolute atomic E-state index is 0.180. The first-order chi connectivity index (χ1) is 8.70. The van der Waals surface area contributed by atoms with E-state index in [2.05, 4.69) is 15.2 Å². The van der Waals surface area contributed by atoms with E-state index in [9.17, 15) is 8.78 Å². The van der Waals surface area contributed by atoms with E-state index < -0.39 is 13.0 Å². The summed E-state index contributed by atoms with van der Waals surface area (Å²) < 4.78 is 24.9. The number of alkyl halides is 2. The van der Waals surface area contributed by atoms with Crippen LogP contribution in [0.1, 0.15) is 0 Å². The van der Waals surface area contributed by atoms with E-state index in [1.54, 1.807) is 18.2 Å². The highest BCUT2D eigenvalue weighted by Crippen LogP contribution is 2.13. The second-order valence-electron chi connectivity index (χ2n) is 3.73. The molecule has 1 aromatic carbocycles. The molecule has 0 radical (unpaired) electrons. The van der Waals surface area contributed by atoms with Gasteiger partial charge in [-0.05, 0) is 12.1 Å². The smallest absolute Gasteiger partial charge is 0.255 e. The van der Waals surface area contributed by atoms with Crippen molar-refractivity contribution >= 4 is 17.0 Å². The molecule has 18 heavy (non-hydrogen) atoms. The quantitative estimate of drug-likeness (QED) is 0.862. The van der Waals surface area contributed by atoms with Crippen LogP contribution in [0.5, 0.6) is 0 Å². The van der Waals surface area contributed by atoms with Crippen LogP contribution in [0.2, 0.25) is 0 Å². The molecule has 0 saturated carbocycles. The van der Waals surface area contributed by atoms with Crippen molar-refractivity contribution < 1.29 is 8.78 Å². The average Bonchev–Trinajstić information content (AvgIpc) is 2.37. The Bertz CT molecular complexity index is 520. The van der Waals surface area contributed by atoms with Crippen LogP contribution in [0, 0.1) is 0 Å². The number of para-hydroxylation sites is 1. The second kappa shape index (κ2) is 5.63. The predicted molar refractivity (Wildman–Crippen MR) is 64.6 cm³/mol. The summed E-state index contributed by atoms with van der Waals surface area (Å²) in [6.45, 7) is 0.0739. The van der Waals surface area contributed by atoms with Crippen LogP contribution < -0.4 is 10.6 Å². The lowest BCUT2D eigenvalue weighted by Gasteiger charge is -2.20. The molecule has 0 aliphatic rings. The lowest BCUT2D eigenvalue weighted by molar-refractivity contribution is 0.154. The maximum Gasteiger partial charge on any atom is 0.255 e. The number of hydrogen-bond donors (Lipinski definition) is 1. The van der Waals surface area contributed by atoms with Crippen LogP contribution >= 0.6 is 0 Å². The Morgan fingerprint density at radius 2 is 1.89 bits per heavy atom. The molecule has 0 atom stereocenters. The van der Waals surface area contributed by atoms with E-state index in [0.717, 1.165) is 0 Å². The first-order valence-corrected chi connectivity index (χ1v) is 5.53. The third-order valence-corrected chi connectivity index (χ3v) is 2.39. The molecule has 7 heteroatoms. The van der Waals surface area contributed by atoms with Crippen molar-refractivity contribution in [3.63, 3.8) is 0 Å². The molecule has 0 amide bonds. The van der Waals surface area contributed by atoms with Crippen molar-refractivity contribution in [2.75, 3.05) is 24.5 Å². The highest BCUT2D eigenvalue weighted by atomic mass is 19.3. The van der Waals surface area contributed by atoms with Crippen molar-refractivity contribution in [3.8, 4) is 0 Å². The molecule has 0 bridgehead atoms. The maximum absolute atomic E-state index is 12.4. The molecule has 1 aromatic heterocycles. The van der Waals surface area contributed by atoms with Crippen LogP contribution in [0.25, 0.3) is 11.0 Å². The standard InChI is InChI=1S/C11H13F2N5/c12-10(13)7-18(6-5-14)11-15-8-3-1-2-4-9(8)16-17-11/h1-4,10H,5-7,14H2. The van der Waals surface area contributed by atoms with Gasteiger partial charge in [0.2, 0.25) is 5.95 Å². The summed E-state index contributed by atoms with van der Waals surface area (Å²) in [6, 6.07) is 7.15. The molecule has 0 fully saturated rings. The third-order valence-electron chi connectivity index (χ3n) is 2.39. The summed E-state index contributed by atoms with van der Waals surface area (Å²) in [5, 5.41) is 7.81. The fourth-order valence-electron chi connectivity index (χ4n) is 1.60. The Labute approximate surface area is 103 Å². The van der Waals surface area contributed by atoms with Crippen molar-refractivity contribution in [2.24, 2.45) is 5.73 Å². The Balaban J connectivity index is 2.31. The van der Waals surface area contributed by atoms with Gasteiger partial charge in [-0.25, -0.2) is 13.8 Å². The molecule has 1 heterocycles. The maximum atomic E-state index is 12.4. The summed E-state index contributed by atoms with van der Waals surface area (Å²) in [6.07, 6.45) is -2.47. The fourth-order valence-corrected chi connectivity index (χ4v) is 1.60. The van der Waals surface area contributed by atoms with Gasteiger partial charge in [-0.1, -0.05) is 12.1 Å². The number of nitrogens with zero attached hydrogens (tertiary/aromatic N) is 4. The molecule has 0 aliphatic carbocycles. The molecule has 5 nitrogen and oxygen atoms in total. The van der Waals surface area contributed by atoms with E-state index in [4.69, 9.17) is 5.73 Å². The monoisotopic (exact) mass is 253 g/mol. The lowest BCUT2D eigenvalue weighted by Crippen LogP contribution is -2.35. The molecule has 0 saturated heterocycles. The van der Waals surface area contributed by atoms with E-state index in [1.807, 2.05) is 6.07 Å². The number of rotatable bonds is 5. The predicted octanol–water partition coefficient (Wildman–Crippen LogP) is 1.05. The molecule has 2 N–H and O–H groups in total. The summed E-state index contributed by atoms with van der Waals surface area (Å²) in [4.78, 5) is 5.55. The van der Waals surface area contributed by atoms with Crippen molar-refractivity contribution in [1.29, 1.82) is 0 Å². The van der Waals surface area contributed by atoms with Gasteiger partial charge in [-0.15, -0.1) is 10.2 Å². The zero-order valence-corrected chi connectivity index (χ0v) is 9.63.